The minimum absolute atomic E-state index is 0.00949. The summed E-state index contributed by atoms with van der Waals surface area (Å²) >= 11 is 7.13. The summed E-state index contributed by atoms with van der Waals surface area (Å²) in [4.78, 5) is 38.3. The van der Waals surface area contributed by atoms with Crippen LogP contribution < -0.4 is 10.6 Å². The van der Waals surface area contributed by atoms with Gasteiger partial charge < -0.3 is 20.1 Å². The number of nitrogens with one attached hydrogen (secondary N) is 2. The molecule has 0 unspecified atom stereocenters. The molecule has 1 aromatic carbocycles. The summed E-state index contributed by atoms with van der Waals surface area (Å²) in [5.74, 6) is -3.37. The molecule has 4 rings (SSSR count). The molecular formula is C25H23ClF4N4O5S. The molecule has 1 aliphatic rings. The number of hydrogen-bond acceptors (Lipinski definition) is 8. The molecule has 2 atom stereocenters. The molecule has 40 heavy (non-hydrogen) atoms. The Labute approximate surface area is 234 Å². The predicted molar refractivity (Wildman–Crippen MR) is 139 cm³/mol. The lowest BCUT2D eigenvalue weighted by atomic mass is 9.97. The molecule has 0 saturated carbocycles. The van der Waals surface area contributed by atoms with Gasteiger partial charge in [0.25, 0.3) is 5.91 Å². The summed E-state index contributed by atoms with van der Waals surface area (Å²) in [6.07, 6.45) is -5.25. The average molecular weight is 603 g/mol. The first-order valence-electron chi connectivity index (χ1n) is 12.0. The van der Waals surface area contributed by atoms with Gasteiger partial charge in [-0.25, -0.2) is 18.7 Å². The molecule has 3 heterocycles. The van der Waals surface area contributed by atoms with Gasteiger partial charge in [-0.3, -0.25) is 4.79 Å². The van der Waals surface area contributed by atoms with E-state index >= 15 is 0 Å². The Morgan fingerprint density at radius 1 is 1.15 bits per heavy atom. The highest BCUT2D eigenvalue weighted by Gasteiger charge is 2.48. The van der Waals surface area contributed by atoms with E-state index in [2.05, 4.69) is 15.7 Å². The molecule has 3 aromatic rings. The van der Waals surface area contributed by atoms with Crippen LogP contribution in [-0.2, 0) is 9.47 Å². The predicted octanol–water partition coefficient (Wildman–Crippen LogP) is 6.31. The molecule has 0 fully saturated rings. The van der Waals surface area contributed by atoms with Crippen LogP contribution >= 0.6 is 22.9 Å². The molecule has 15 heteroatoms. The maximum Gasteiger partial charge on any atom is 0.410 e. The number of carbonyl (C=O) groups is 3. The molecule has 0 saturated heterocycles. The number of alkyl halides is 3. The summed E-state index contributed by atoms with van der Waals surface area (Å²) in [5, 5.41) is 8.69. The van der Waals surface area contributed by atoms with Crippen LogP contribution in [0.1, 0.15) is 74.0 Å². The second kappa shape index (κ2) is 11.5. The van der Waals surface area contributed by atoms with Crippen molar-refractivity contribution in [3.05, 3.63) is 62.4 Å². The van der Waals surface area contributed by atoms with Crippen LogP contribution in [0.3, 0.4) is 0 Å². The second-order valence-corrected chi connectivity index (χ2v) is 10.1. The third kappa shape index (κ3) is 5.63. The number of fused-ring (bicyclic) bond motifs is 1. The standard InChI is InChI=1S/C25H23ClF4N4O5S/c1-4-38-23(36)16-11(3)19(24(37)39-5-2)40-22(16)32-21(35)18-17(26)20-31-14(12-6-8-13(27)9-7-12)10-15(25(28,29)30)34(20)33-18/h6-9,14-15,31H,4-5,10H2,1-3H3,(H,32,35)/t14-,15-/m1/s1. The topological polar surface area (TPSA) is 112 Å². The van der Waals surface area contributed by atoms with Gasteiger partial charge in [0, 0.05) is 6.42 Å². The van der Waals surface area contributed by atoms with Crippen molar-refractivity contribution in [2.45, 2.75) is 45.5 Å². The van der Waals surface area contributed by atoms with Gasteiger partial charge in [-0.05, 0) is 44.0 Å². The zero-order valence-corrected chi connectivity index (χ0v) is 22.9. The van der Waals surface area contributed by atoms with Gasteiger partial charge in [-0.1, -0.05) is 23.7 Å². The maximum atomic E-state index is 14.1. The van der Waals surface area contributed by atoms with Crippen LogP contribution in [0.15, 0.2) is 24.3 Å². The third-order valence-corrected chi connectivity index (χ3v) is 7.64. The van der Waals surface area contributed by atoms with Crippen molar-refractivity contribution in [1.29, 1.82) is 0 Å². The molecule has 0 spiro atoms. The van der Waals surface area contributed by atoms with Crippen LogP contribution in [-0.4, -0.2) is 47.0 Å². The Morgan fingerprint density at radius 2 is 1.77 bits per heavy atom. The molecule has 2 aromatic heterocycles. The van der Waals surface area contributed by atoms with E-state index in [1.807, 2.05) is 0 Å². The fraction of sp³-hybridized carbons (Fsp3) is 0.360. The zero-order valence-electron chi connectivity index (χ0n) is 21.3. The van der Waals surface area contributed by atoms with E-state index in [1.165, 1.54) is 19.1 Å². The van der Waals surface area contributed by atoms with Crippen molar-refractivity contribution < 1.29 is 41.4 Å². The monoisotopic (exact) mass is 602 g/mol. The first-order chi connectivity index (χ1) is 18.9. The first kappa shape index (κ1) is 29.3. The van der Waals surface area contributed by atoms with Gasteiger partial charge in [0.05, 0.1) is 24.8 Å². The Morgan fingerprint density at radius 3 is 2.38 bits per heavy atom. The number of nitrogens with zero attached hydrogens (tertiary/aromatic N) is 2. The lowest BCUT2D eigenvalue weighted by Gasteiger charge is -2.33. The largest absolute Gasteiger partial charge is 0.462 e. The van der Waals surface area contributed by atoms with Gasteiger partial charge in [-0.15, -0.1) is 11.3 Å². The van der Waals surface area contributed by atoms with Crippen LogP contribution in [0.4, 0.5) is 28.4 Å². The Bertz CT molecular complexity index is 1450. The van der Waals surface area contributed by atoms with E-state index in [1.54, 1.807) is 13.8 Å². The van der Waals surface area contributed by atoms with Crippen LogP contribution in [0, 0.1) is 12.7 Å². The number of amides is 1. The van der Waals surface area contributed by atoms with E-state index in [0.29, 0.717) is 10.2 Å². The first-order valence-corrected chi connectivity index (χ1v) is 13.2. The third-order valence-electron chi connectivity index (χ3n) is 6.10. The molecule has 9 nitrogen and oxygen atoms in total. The highest BCUT2D eigenvalue weighted by atomic mass is 35.5. The number of aromatic nitrogens is 2. The quantitative estimate of drug-likeness (QED) is 0.241. The van der Waals surface area contributed by atoms with Crippen molar-refractivity contribution in [1.82, 2.24) is 9.78 Å². The molecular weight excluding hydrogens is 580 g/mol. The summed E-state index contributed by atoms with van der Waals surface area (Å²) in [7, 11) is 0. The summed E-state index contributed by atoms with van der Waals surface area (Å²) in [6, 6.07) is 1.90. The van der Waals surface area contributed by atoms with Crippen LogP contribution in [0.2, 0.25) is 5.02 Å². The number of ether oxygens (including phenoxy) is 2. The minimum Gasteiger partial charge on any atom is -0.462 e. The normalized spacial score (nSPS) is 16.6. The highest BCUT2D eigenvalue weighted by Crippen LogP contribution is 2.46. The number of halogens is 5. The molecule has 0 bridgehead atoms. The van der Waals surface area contributed by atoms with Crippen molar-refractivity contribution >= 4 is 51.6 Å². The lowest BCUT2D eigenvalue weighted by molar-refractivity contribution is -0.173. The molecule has 214 valence electrons. The molecule has 1 aliphatic heterocycles. The van der Waals surface area contributed by atoms with Gasteiger partial charge in [0.2, 0.25) is 0 Å². The van der Waals surface area contributed by atoms with Crippen molar-refractivity contribution in [2.24, 2.45) is 0 Å². The Kier molecular flexibility index (Phi) is 8.40. The smallest absolute Gasteiger partial charge is 0.410 e. The Hall–Kier alpha value is -3.65. The van der Waals surface area contributed by atoms with Crippen molar-refractivity contribution in [3.63, 3.8) is 0 Å². The summed E-state index contributed by atoms with van der Waals surface area (Å²) in [6.45, 7) is 4.72. The number of carbonyl (C=O) groups excluding carboxylic acids is 3. The lowest BCUT2D eigenvalue weighted by Crippen LogP contribution is -2.35. The number of hydrogen-bond donors (Lipinski definition) is 2. The summed E-state index contributed by atoms with van der Waals surface area (Å²) in [5.41, 5.74) is -0.0686. The van der Waals surface area contributed by atoms with Crippen LogP contribution in [0.25, 0.3) is 0 Å². The molecule has 0 radical (unpaired) electrons. The number of thiophene rings is 1. The van der Waals surface area contributed by atoms with Crippen molar-refractivity contribution in [3.8, 4) is 0 Å². The van der Waals surface area contributed by atoms with Gasteiger partial charge in [0.1, 0.15) is 26.5 Å². The summed E-state index contributed by atoms with van der Waals surface area (Å²) < 4.78 is 66.3. The van der Waals surface area contributed by atoms with Gasteiger partial charge in [0.15, 0.2) is 11.7 Å². The average Bonchev–Trinajstić information content (AvgIpc) is 3.40. The van der Waals surface area contributed by atoms with E-state index in [9.17, 15) is 31.9 Å². The SMILES string of the molecule is CCOC(=O)c1sc(NC(=O)c2nn3c(c2Cl)N[C@@H](c2ccc(F)cc2)C[C@@H]3C(F)(F)F)c(C(=O)OCC)c1C. The van der Waals surface area contributed by atoms with E-state index < -0.39 is 59.1 Å². The number of anilines is 2. The molecule has 1 amide bonds. The fourth-order valence-electron chi connectivity index (χ4n) is 4.25. The van der Waals surface area contributed by atoms with E-state index in [4.69, 9.17) is 21.1 Å². The second-order valence-electron chi connectivity index (χ2n) is 8.65. The fourth-order valence-corrected chi connectivity index (χ4v) is 5.60. The van der Waals surface area contributed by atoms with Crippen molar-refractivity contribution in [2.75, 3.05) is 23.8 Å². The number of benzene rings is 1. The highest BCUT2D eigenvalue weighted by molar-refractivity contribution is 7.18. The van der Waals surface area contributed by atoms with Gasteiger partial charge in [-0.2, -0.15) is 18.3 Å². The van der Waals surface area contributed by atoms with E-state index in [-0.39, 0.29) is 40.0 Å². The Balaban J connectivity index is 1.72. The van der Waals surface area contributed by atoms with Crippen LogP contribution in [0.5, 0.6) is 0 Å². The minimum atomic E-state index is -4.76. The number of rotatable bonds is 7. The van der Waals surface area contributed by atoms with E-state index in [0.717, 1.165) is 23.5 Å². The molecule has 0 aliphatic carbocycles. The molecule has 2 N–H and O–H groups in total. The van der Waals surface area contributed by atoms with Gasteiger partial charge >= 0.3 is 18.1 Å². The maximum absolute atomic E-state index is 14.1. The number of esters is 2. The zero-order chi connectivity index (χ0) is 29.4.